The van der Waals surface area contributed by atoms with Crippen LogP contribution in [0, 0.1) is 0 Å². The molecular formula is C26H25ClN2O3. The SMILES string of the molecule is Cl.O=C(Cc1cc(-c2ccc(-c3ccc(CCCO)cc3)cc2)nc2ccccc12)NO. The normalized spacial score (nSPS) is 10.6. The van der Waals surface area contributed by atoms with E-state index >= 15 is 0 Å². The summed E-state index contributed by atoms with van der Waals surface area (Å²) in [5.41, 5.74) is 8.53. The molecule has 32 heavy (non-hydrogen) atoms. The highest BCUT2D eigenvalue weighted by molar-refractivity contribution is 5.90. The maximum Gasteiger partial charge on any atom is 0.247 e. The van der Waals surface area contributed by atoms with E-state index in [0.29, 0.717) is 0 Å². The third-order valence-electron chi connectivity index (χ3n) is 5.37. The summed E-state index contributed by atoms with van der Waals surface area (Å²) >= 11 is 0. The van der Waals surface area contributed by atoms with E-state index in [0.717, 1.165) is 51.7 Å². The van der Waals surface area contributed by atoms with Gasteiger partial charge in [0.25, 0.3) is 0 Å². The predicted octanol–water partition coefficient (Wildman–Crippen LogP) is 4.96. The highest BCUT2D eigenvalue weighted by Gasteiger charge is 2.11. The Balaban J connectivity index is 0.00000289. The van der Waals surface area contributed by atoms with Gasteiger partial charge in [-0.05, 0) is 47.2 Å². The summed E-state index contributed by atoms with van der Waals surface area (Å²) in [6.45, 7) is 0.207. The second-order valence-corrected chi connectivity index (χ2v) is 7.50. The number of aryl methyl sites for hydroxylation is 1. The lowest BCUT2D eigenvalue weighted by Crippen LogP contribution is -2.20. The summed E-state index contributed by atoms with van der Waals surface area (Å²) in [5, 5.41) is 18.8. The average Bonchev–Trinajstić information content (AvgIpc) is 2.83. The van der Waals surface area contributed by atoms with Crippen molar-refractivity contribution in [1.82, 2.24) is 10.5 Å². The molecule has 3 aromatic carbocycles. The number of pyridine rings is 1. The van der Waals surface area contributed by atoms with Crippen LogP contribution in [-0.4, -0.2) is 27.8 Å². The first-order chi connectivity index (χ1) is 15.2. The lowest BCUT2D eigenvalue weighted by molar-refractivity contribution is -0.128. The molecule has 5 nitrogen and oxygen atoms in total. The number of amides is 1. The molecule has 0 aliphatic heterocycles. The zero-order valence-corrected chi connectivity index (χ0v) is 18.3. The van der Waals surface area contributed by atoms with Crippen LogP contribution >= 0.6 is 12.4 Å². The van der Waals surface area contributed by atoms with Gasteiger partial charge in [0.05, 0.1) is 17.6 Å². The first kappa shape index (κ1) is 23.4. The van der Waals surface area contributed by atoms with Crippen LogP contribution in [0.15, 0.2) is 78.9 Å². The zero-order valence-electron chi connectivity index (χ0n) is 17.5. The molecular weight excluding hydrogens is 424 g/mol. The van der Waals surface area contributed by atoms with Gasteiger partial charge in [-0.2, -0.15) is 0 Å². The second kappa shape index (κ2) is 10.9. The fourth-order valence-electron chi connectivity index (χ4n) is 3.73. The Hall–Kier alpha value is -3.25. The van der Waals surface area contributed by atoms with E-state index in [2.05, 4.69) is 36.4 Å². The number of nitrogens with one attached hydrogen (secondary N) is 1. The monoisotopic (exact) mass is 448 g/mol. The van der Waals surface area contributed by atoms with Gasteiger partial charge in [-0.3, -0.25) is 10.0 Å². The van der Waals surface area contributed by atoms with Gasteiger partial charge in [-0.25, -0.2) is 10.5 Å². The van der Waals surface area contributed by atoms with Crippen molar-refractivity contribution < 1.29 is 15.1 Å². The number of aliphatic hydroxyl groups is 1. The summed E-state index contributed by atoms with van der Waals surface area (Å²) in [5.74, 6) is -0.458. The number of benzene rings is 3. The zero-order chi connectivity index (χ0) is 21.6. The number of aromatic nitrogens is 1. The van der Waals surface area contributed by atoms with Crippen molar-refractivity contribution >= 4 is 29.2 Å². The Morgan fingerprint density at radius 3 is 2.16 bits per heavy atom. The Kier molecular flexibility index (Phi) is 7.95. The van der Waals surface area contributed by atoms with Gasteiger partial charge in [0.15, 0.2) is 0 Å². The van der Waals surface area contributed by atoms with Gasteiger partial charge in [-0.15, -0.1) is 12.4 Å². The van der Waals surface area contributed by atoms with Gasteiger partial charge >= 0.3 is 0 Å². The number of para-hydroxylation sites is 1. The smallest absolute Gasteiger partial charge is 0.247 e. The van der Waals surface area contributed by atoms with Gasteiger partial charge in [-0.1, -0.05) is 66.7 Å². The molecule has 1 aromatic heterocycles. The average molecular weight is 449 g/mol. The van der Waals surface area contributed by atoms with Crippen molar-refractivity contribution in [3.63, 3.8) is 0 Å². The standard InChI is InChI=1S/C26H24N2O3.ClH/c29-15-3-4-18-7-9-19(10-8-18)20-11-13-21(14-12-20)25-16-22(17-26(30)28-31)23-5-1-2-6-24(23)27-25;/h1-2,5-14,16,29,31H,3-4,15,17H2,(H,28,30);1H. The van der Waals surface area contributed by atoms with Gasteiger partial charge < -0.3 is 5.11 Å². The molecule has 0 radical (unpaired) electrons. The number of aliphatic hydroxyl groups excluding tert-OH is 1. The largest absolute Gasteiger partial charge is 0.396 e. The topological polar surface area (TPSA) is 82.5 Å². The number of carbonyl (C=O) groups is 1. The van der Waals surface area contributed by atoms with Crippen molar-refractivity contribution in [2.75, 3.05) is 6.61 Å². The van der Waals surface area contributed by atoms with E-state index in [1.54, 1.807) is 5.48 Å². The molecule has 4 rings (SSSR count). The third-order valence-corrected chi connectivity index (χ3v) is 5.37. The predicted molar refractivity (Wildman–Crippen MR) is 129 cm³/mol. The minimum atomic E-state index is -0.458. The van der Waals surface area contributed by atoms with Crippen molar-refractivity contribution in [2.45, 2.75) is 19.3 Å². The highest BCUT2D eigenvalue weighted by atomic mass is 35.5. The summed E-state index contributed by atoms with van der Waals surface area (Å²) in [6.07, 6.45) is 1.72. The molecule has 0 bridgehead atoms. The molecule has 0 aliphatic rings. The summed E-state index contributed by atoms with van der Waals surface area (Å²) < 4.78 is 0. The lowest BCUT2D eigenvalue weighted by atomic mass is 9.98. The molecule has 0 saturated carbocycles. The van der Waals surface area contributed by atoms with Crippen LogP contribution in [-0.2, 0) is 17.6 Å². The molecule has 0 atom stereocenters. The summed E-state index contributed by atoms with van der Waals surface area (Å²) in [6, 6.07) is 26.2. The van der Waals surface area contributed by atoms with Gasteiger partial charge in [0.1, 0.15) is 0 Å². The van der Waals surface area contributed by atoms with E-state index in [1.807, 2.05) is 42.5 Å². The first-order valence-corrected chi connectivity index (χ1v) is 10.3. The molecule has 164 valence electrons. The molecule has 0 saturated heterocycles. The van der Waals surface area contributed by atoms with Crippen molar-refractivity contribution in [1.29, 1.82) is 0 Å². The maximum atomic E-state index is 11.8. The van der Waals surface area contributed by atoms with Crippen LogP contribution in [0.5, 0.6) is 0 Å². The number of fused-ring (bicyclic) bond motifs is 1. The van der Waals surface area contributed by atoms with Crippen LogP contribution in [0.25, 0.3) is 33.3 Å². The van der Waals surface area contributed by atoms with E-state index in [-0.39, 0.29) is 25.4 Å². The first-order valence-electron chi connectivity index (χ1n) is 10.3. The molecule has 0 fully saturated rings. The number of hydrogen-bond donors (Lipinski definition) is 3. The van der Waals surface area contributed by atoms with Gasteiger partial charge in [0.2, 0.25) is 5.91 Å². The number of hydroxylamine groups is 1. The molecule has 3 N–H and O–H groups in total. The summed E-state index contributed by atoms with van der Waals surface area (Å²) in [7, 11) is 0. The molecule has 1 heterocycles. The second-order valence-electron chi connectivity index (χ2n) is 7.50. The Labute approximate surface area is 193 Å². The minimum absolute atomic E-state index is 0. The Bertz CT molecular complexity index is 1190. The van der Waals surface area contributed by atoms with E-state index in [4.69, 9.17) is 15.3 Å². The summed E-state index contributed by atoms with van der Waals surface area (Å²) in [4.78, 5) is 16.5. The minimum Gasteiger partial charge on any atom is -0.396 e. The Morgan fingerprint density at radius 1 is 0.875 bits per heavy atom. The van der Waals surface area contributed by atoms with Crippen molar-refractivity contribution in [3.05, 3.63) is 90.0 Å². The van der Waals surface area contributed by atoms with Gasteiger partial charge in [0, 0.05) is 17.6 Å². The van der Waals surface area contributed by atoms with Crippen LogP contribution < -0.4 is 5.48 Å². The molecule has 0 unspecified atom stereocenters. The lowest BCUT2D eigenvalue weighted by Gasteiger charge is -2.10. The van der Waals surface area contributed by atoms with Crippen LogP contribution in [0.1, 0.15) is 17.5 Å². The quantitative estimate of drug-likeness (QED) is 0.275. The van der Waals surface area contributed by atoms with E-state index < -0.39 is 5.91 Å². The van der Waals surface area contributed by atoms with E-state index in [1.165, 1.54) is 5.56 Å². The molecule has 6 heteroatoms. The third kappa shape index (κ3) is 5.32. The molecule has 4 aromatic rings. The highest BCUT2D eigenvalue weighted by Crippen LogP contribution is 2.28. The van der Waals surface area contributed by atoms with Crippen molar-refractivity contribution in [3.8, 4) is 22.4 Å². The maximum absolute atomic E-state index is 11.8. The number of halogens is 1. The molecule has 0 aliphatic carbocycles. The number of nitrogens with zero attached hydrogens (tertiary/aromatic N) is 1. The molecule has 0 spiro atoms. The van der Waals surface area contributed by atoms with E-state index in [9.17, 15) is 4.79 Å². The fraction of sp³-hybridized carbons (Fsp3) is 0.154. The fourth-order valence-corrected chi connectivity index (χ4v) is 3.73. The van der Waals surface area contributed by atoms with Crippen molar-refractivity contribution in [2.24, 2.45) is 0 Å². The number of carbonyl (C=O) groups excluding carboxylic acids is 1. The van der Waals surface area contributed by atoms with Crippen LogP contribution in [0.4, 0.5) is 0 Å². The number of rotatable bonds is 7. The number of hydrogen-bond acceptors (Lipinski definition) is 4. The Morgan fingerprint density at radius 2 is 1.50 bits per heavy atom. The van der Waals surface area contributed by atoms with Crippen LogP contribution in [0.2, 0.25) is 0 Å². The van der Waals surface area contributed by atoms with Crippen LogP contribution in [0.3, 0.4) is 0 Å². The molecule has 1 amide bonds.